The van der Waals surface area contributed by atoms with Gasteiger partial charge in [0.15, 0.2) is 5.82 Å². The molecule has 20 heavy (non-hydrogen) atoms. The van der Waals surface area contributed by atoms with E-state index in [0.717, 1.165) is 11.4 Å². The van der Waals surface area contributed by atoms with Gasteiger partial charge in [-0.3, -0.25) is 0 Å². The number of aromatic nitrogens is 2. The Morgan fingerprint density at radius 2 is 1.90 bits per heavy atom. The molecule has 0 radical (unpaired) electrons. The average Bonchev–Trinajstić information content (AvgIpc) is 2.35. The predicted molar refractivity (Wildman–Crippen MR) is 80.8 cm³/mol. The van der Waals surface area contributed by atoms with E-state index in [2.05, 4.69) is 42.9 Å². The van der Waals surface area contributed by atoms with Crippen LogP contribution in [0.5, 0.6) is 5.75 Å². The molecule has 2 aromatic rings. The van der Waals surface area contributed by atoms with Crippen LogP contribution < -0.4 is 10.5 Å². The Kier molecular flexibility index (Phi) is 4.23. The highest BCUT2D eigenvalue weighted by Crippen LogP contribution is 2.23. The summed E-state index contributed by atoms with van der Waals surface area (Å²) in [5.41, 5.74) is 9.13. The molecule has 0 bridgehead atoms. The van der Waals surface area contributed by atoms with Crippen molar-refractivity contribution in [1.29, 1.82) is 0 Å². The maximum absolute atomic E-state index is 5.74. The maximum atomic E-state index is 5.74. The first-order valence-corrected chi connectivity index (χ1v) is 6.79. The normalized spacial score (nSPS) is 10.8. The van der Waals surface area contributed by atoms with Crippen molar-refractivity contribution in [3.8, 4) is 5.75 Å². The highest BCUT2D eigenvalue weighted by atomic mass is 16.5. The van der Waals surface area contributed by atoms with E-state index in [0.29, 0.717) is 24.2 Å². The molecule has 0 aliphatic rings. The average molecular weight is 271 g/mol. The van der Waals surface area contributed by atoms with Gasteiger partial charge in [-0.05, 0) is 43.0 Å². The summed E-state index contributed by atoms with van der Waals surface area (Å²) in [6.07, 6.45) is 0. The number of nitrogen functional groups attached to an aromatic ring is 1. The van der Waals surface area contributed by atoms with E-state index in [4.69, 9.17) is 10.5 Å². The van der Waals surface area contributed by atoms with Crippen molar-refractivity contribution in [1.82, 2.24) is 9.97 Å². The molecule has 1 aromatic carbocycles. The van der Waals surface area contributed by atoms with E-state index in [1.54, 1.807) is 6.07 Å². The van der Waals surface area contributed by atoms with Gasteiger partial charge in [-0.25, -0.2) is 9.97 Å². The molecular formula is C16H21N3O. The lowest BCUT2D eigenvalue weighted by Crippen LogP contribution is -2.05. The zero-order chi connectivity index (χ0) is 14.7. The molecule has 0 amide bonds. The van der Waals surface area contributed by atoms with Crippen molar-refractivity contribution in [2.24, 2.45) is 0 Å². The Morgan fingerprint density at radius 3 is 2.50 bits per heavy atom. The van der Waals surface area contributed by atoms with Gasteiger partial charge in [0.2, 0.25) is 0 Å². The summed E-state index contributed by atoms with van der Waals surface area (Å²) in [7, 11) is 0. The Bertz CT molecular complexity index is 588. The van der Waals surface area contributed by atoms with Gasteiger partial charge in [-0.1, -0.05) is 19.9 Å². The standard InChI is InChI=1S/C16H21N3O/c1-10(2)14-6-5-13(7-11(14)3)20-9-16-18-12(4)8-15(17)19-16/h5-8,10H,9H2,1-4H3,(H2,17,18,19). The topological polar surface area (TPSA) is 61.0 Å². The molecule has 0 aliphatic heterocycles. The molecule has 2 N–H and O–H groups in total. The first-order valence-electron chi connectivity index (χ1n) is 6.79. The van der Waals surface area contributed by atoms with Gasteiger partial charge in [0.25, 0.3) is 0 Å². The van der Waals surface area contributed by atoms with E-state index in [-0.39, 0.29) is 0 Å². The smallest absolute Gasteiger partial charge is 0.168 e. The molecule has 0 spiro atoms. The Morgan fingerprint density at radius 1 is 1.15 bits per heavy atom. The molecule has 106 valence electrons. The van der Waals surface area contributed by atoms with Gasteiger partial charge >= 0.3 is 0 Å². The number of nitrogens with zero attached hydrogens (tertiary/aromatic N) is 2. The number of aryl methyl sites for hydroxylation is 2. The Hall–Kier alpha value is -2.10. The van der Waals surface area contributed by atoms with Crippen molar-refractivity contribution in [2.75, 3.05) is 5.73 Å². The Balaban J connectivity index is 2.09. The fourth-order valence-electron chi connectivity index (χ4n) is 2.25. The summed E-state index contributed by atoms with van der Waals surface area (Å²) < 4.78 is 5.74. The van der Waals surface area contributed by atoms with Crippen LogP contribution in [0.1, 0.15) is 42.4 Å². The number of hydrogen-bond donors (Lipinski definition) is 1. The summed E-state index contributed by atoms with van der Waals surface area (Å²) in [6, 6.07) is 7.89. The molecule has 0 aliphatic carbocycles. The third kappa shape index (κ3) is 3.47. The van der Waals surface area contributed by atoms with E-state index in [1.165, 1.54) is 11.1 Å². The molecular weight excluding hydrogens is 250 g/mol. The van der Waals surface area contributed by atoms with Gasteiger partial charge < -0.3 is 10.5 Å². The molecule has 0 saturated carbocycles. The second-order valence-corrected chi connectivity index (χ2v) is 5.31. The number of hydrogen-bond acceptors (Lipinski definition) is 4. The second kappa shape index (κ2) is 5.90. The van der Waals surface area contributed by atoms with Crippen LogP contribution in [0.3, 0.4) is 0 Å². The summed E-state index contributed by atoms with van der Waals surface area (Å²) in [5.74, 6) is 2.43. The zero-order valence-electron chi connectivity index (χ0n) is 12.5. The molecule has 1 heterocycles. The minimum absolute atomic E-state index is 0.326. The molecule has 0 saturated heterocycles. The summed E-state index contributed by atoms with van der Waals surface area (Å²) in [6.45, 7) is 8.69. The predicted octanol–water partition coefficient (Wildman–Crippen LogP) is 3.38. The van der Waals surface area contributed by atoms with Crippen LogP contribution in [-0.4, -0.2) is 9.97 Å². The van der Waals surface area contributed by atoms with Crippen molar-refractivity contribution < 1.29 is 4.74 Å². The van der Waals surface area contributed by atoms with E-state index in [1.807, 2.05) is 13.0 Å². The van der Waals surface area contributed by atoms with Gasteiger partial charge in [0.05, 0.1) is 0 Å². The van der Waals surface area contributed by atoms with Crippen molar-refractivity contribution in [3.05, 3.63) is 46.9 Å². The number of benzene rings is 1. The highest BCUT2D eigenvalue weighted by molar-refractivity contribution is 5.36. The number of nitrogens with two attached hydrogens (primary N) is 1. The highest BCUT2D eigenvalue weighted by Gasteiger charge is 2.06. The molecule has 2 rings (SSSR count). The molecule has 0 fully saturated rings. The van der Waals surface area contributed by atoms with Crippen molar-refractivity contribution in [3.63, 3.8) is 0 Å². The van der Waals surface area contributed by atoms with Crippen molar-refractivity contribution >= 4 is 5.82 Å². The molecule has 4 heteroatoms. The first kappa shape index (κ1) is 14.3. The lowest BCUT2D eigenvalue weighted by atomic mass is 9.98. The minimum atomic E-state index is 0.326. The Labute approximate surface area is 120 Å². The van der Waals surface area contributed by atoms with E-state index >= 15 is 0 Å². The van der Waals surface area contributed by atoms with Crippen LogP contribution >= 0.6 is 0 Å². The molecule has 0 unspecified atom stereocenters. The molecule has 1 aromatic heterocycles. The largest absolute Gasteiger partial charge is 0.486 e. The van der Waals surface area contributed by atoms with E-state index < -0.39 is 0 Å². The van der Waals surface area contributed by atoms with Crippen LogP contribution in [-0.2, 0) is 6.61 Å². The van der Waals surface area contributed by atoms with Crippen LogP contribution in [0.25, 0.3) is 0 Å². The van der Waals surface area contributed by atoms with Crippen LogP contribution in [0.15, 0.2) is 24.3 Å². The third-order valence-corrected chi connectivity index (χ3v) is 3.15. The fraction of sp³-hybridized carbons (Fsp3) is 0.375. The number of rotatable bonds is 4. The number of ether oxygens (including phenoxy) is 1. The summed E-state index contributed by atoms with van der Waals surface area (Å²) in [5, 5.41) is 0. The fourth-order valence-corrected chi connectivity index (χ4v) is 2.25. The quantitative estimate of drug-likeness (QED) is 0.926. The maximum Gasteiger partial charge on any atom is 0.168 e. The zero-order valence-corrected chi connectivity index (χ0v) is 12.5. The second-order valence-electron chi connectivity index (χ2n) is 5.31. The van der Waals surface area contributed by atoms with Crippen LogP contribution in [0.4, 0.5) is 5.82 Å². The molecule has 0 atom stereocenters. The van der Waals surface area contributed by atoms with E-state index in [9.17, 15) is 0 Å². The van der Waals surface area contributed by atoms with Gasteiger partial charge in [0.1, 0.15) is 18.2 Å². The lowest BCUT2D eigenvalue weighted by Gasteiger charge is -2.12. The summed E-state index contributed by atoms with van der Waals surface area (Å²) >= 11 is 0. The monoisotopic (exact) mass is 271 g/mol. The third-order valence-electron chi connectivity index (χ3n) is 3.15. The summed E-state index contributed by atoms with van der Waals surface area (Å²) in [4.78, 5) is 8.46. The van der Waals surface area contributed by atoms with Crippen LogP contribution in [0, 0.1) is 13.8 Å². The minimum Gasteiger partial charge on any atom is -0.486 e. The van der Waals surface area contributed by atoms with Gasteiger partial charge in [0, 0.05) is 11.8 Å². The SMILES string of the molecule is Cc1cc(N)nc(COc2ccc(C(C)C)c(C)c2)n1. The van der Waals surface area contributed by atoms with Crippen molar-refractivity contribution in [2.45, 2.75) is 40.2 Å². The number of anilines is 1. The van der Waals surface area contributed by atoms with Crippen LogP contribution in [0.2, 0.25) is 0 Å². The first-order chi connectivity index (χ1) is 9.45. The molecule has 4 nitrogen and oxygen atoms in total. The van der Waals surface area contributed by atoms with Gasteiger partial charge in [-0.2, -0.15) is 0 Å². The lowest BCUT2D eigenvalue weighted by molar-refractivity contribution is 0.295. The van der Waals surface area contributed by atoms with Gasteiger partial charge in [-0.15, -0.1) is 0 Å².